The molecule has 1 amide bonds. The fourth-order valence-electron chi connectivity index (χ4n) is 2.52. The second-order valence-corrected chi connectivity index (χ2v) is 5.00. The summed E-state index contributed by atoms with van der Waals surface area (Å²) >= 11 is 0. The van der Waals surface area contributed by atoms with E-state index >= 15 is 0 Å². The van der Waals surface area contributed by atoms with Crippen LogP contribution in [0, 0.1) is 0 Å². The lowest BCUT2D eigenvalue weighted by Gasteiger charge is -2.30. The summed E-state index contributed by atoms with van der Waals surface area (Å²) in [6, 6.07) is 1.86. The van der Waals surface area contributed by atoms with Crippen LogP contribution in [0.1, 0.15) is 42.6 Å². The largest absolute Gasteiger partial charge is 0.480 e. The maximum atomic E-state index is 12.2. The minimum atomic E-state index is -0.970. The lowest BCUT2D eigenvalue weighted by atomic mass is 9.94. The van der Waals surface area contributed by atoms with Gasteiger partial charge in [-0.25, -0.2) is 0 Å². The standard InChI is InChI=1S/C13H19N3O3/c1-15(10-5-3-2-4-6-10)13(19)11-7-8-16(14-11)9-12(17)18/h7-8,10H,2-6,9H2,1H3,(H,17,18). The minimum Gasteiger partial charge on any atom is -0.480 e. The monoisotopic (exact) mass is 265 g/mol. The molecule has 6 nitrogen and oxygen atoms in total. The van der Waals surface area contributed by atoms with E-state index < -0.39 is 5.97 Å². The molecule has 1 saturated carbocycles. The van der Waals surface area contributed by atoms with Crippen LogP contribution in [0.25, 0.3) is 0 Å². The van der Waals surface area contributed by atoms with Crippen molar-refractivity contribution in [3.8, 4) is 0 Å². The Labute approximate surface area is 112 Å². The van der Waals surface area contributed by atoms with Crippen LogP contribution < -0.4 is 0 Å². The van der Waals surface area contributed by atoms with E-state index in [1.807, 2.05) is 0 Å². The van der Waals surface area contributed by atoms with Crippen LogP contribution in [0.15, 0.2) is 12.3 Å². The Hall–Kier alpha value is -1.85. The van der Waals surface area contributed by atoms with E-state index in [0.29, 0.717) is 5.69 Å². The SMILES string of the molecule is CN(C(=O)c1ccn(CC(=O)O)n1)C1CCCCC1. The van der Waals surface area contributed by atoms with Gasteiger partial charge < -0.3 is 10.0 Å². The molecule has 1 heterocycles. The van der Waals surface area contributed by atoms with Crippen molar-refractivity contribution in [3.63, 3.8) is 0 Å². The van der Waals surface area contributed by atoms with E-state index in [-0.39, 0.29) is 18.5 Å². The molecule has 0 bridgehead atoms. The Balaban J connectivity index is 2.01. The van der Waals surface area contributed by atoms with Crippen LogP contribution >= 0.6 is 0 Å². The van der Waals surface area contributed by atoms with Crippen molar-refractivity contribution < 1.29 is 14.7 Å². The minimum absolute atomic E-state index is 0.129. The van der Waals surface area contributed by atoms with Crippen LogP contribution in [0.3, 0.4) is 0 Å². The van der Waals surface area contributed by atoms with Gasteiger partial charge in [0, 0.05) is 19.3 Å². The van der Waals surface area contributed by atoms with Gasteiger partial charge in [0.1, 0.15) is 12.2 Å². The second-order valence-electron chi connectivity index (χ2n) is 5.00. The van der Waals surface area contributed by atoms with Gasteiger partial charge >= 0.3 is 5.97 Å². The highest BCUT2D eigenvalue weighted by Gasteiger charge is 2.24. The van der Waals surface area contributed by atoms with Crippen molar-refractivity contribution in [3.05, 3.63) is 18.0 Å². The Morgan fingerprint density at radius 3 is 2.74 bits per heavy atom. The van der Waals surface area contributed by atoms with Crippen LogP contribution in [-0.2, 0) is 11.3 Å². The summed E-state index contributed by atoms with van der Waals surface area (Å²) in [5.74, 6) is -1.10. The third kappa shape index (κ3) is 3.33. The third-order valence-corrected chi connectivity index (χ3v) is 3.60. The number of aliphatic carboxylic acids is 1. The number of hydrogen-bond donors (Lipinski definition) is 1. The normalized spacial score (nSPS) is 16.3. The molecule has 1 aliphatic carbocycles. The van der Waals surface area contributed by atoms with Gasteiger partial charge in [-0.3, -0.25) is 14.3 Å². The van der Waals surface area contributed by atoms with Crippen molar-refractivity contribution >= 4 is 11.9 Å². The van der Waals surface area contributed by atoms with E-state index in [1.54, 1.807) is 18.0 Å². The highest BCUT2D eigenvalue weighted by Crippen LogP contribution is 2.22. The molecular formula is C13H19N3O3. The van der Waals surface area contributed by atoms with Crippen molar-refractivity contribution in [1.29, 1.82) is 0 Å². The van der Waals surface area contributed by atoms with Crippen LogP contribution in [0.5, 0.6) is 0 Å². The highest BCUT2D eigenvalue weighted by molar-refractivity contribution is 5.92. The number of hydrogen-bond acceptors (Lipinski definition) is 3. The van der Waals surface area contributed by atoms with Gasteiger partial charge in [0.25, 0.3) is 5.91 Å². The van der Waals surface area contributed by atoms with Gasteiger partial charge in [-0.2, -0.15) is 5.10 Å². The summed E-state index contributed by atoms with van der Waals surface area (Å²) in [7, 11) is 1.80. The van der Waals surface area contributed by atoms with Crippen LogP contribution in [0.2, 0.25) is 0 Å². The molecular weight excluding hydrogens is 246 g/mol. The zero-order valence-electron chi connectivity index (χ0n) is 11.1. The van der Waals surface area contributed by atoms with Crippen LogP contribution in [0.4, 0.5) is 0 Å². The predicted octanol–water partition coefficient (Wildman–Crippen LogP) is 1.37. The summed E-state index contributed by atoms with van der Waals surface area (Å²) in [4.78, 5) is 24.6. The Kier molecular flexibility index (Phi) is 4.19. The topological polar surface area (TPSA) is 75.4 Å². The van der Waals surface area contributed by atoms with Gasteiger partial charge in [0.05, 0.1) is 0 Å². The summed E-state index contributed by atoms with van der Waals surface area (Å²) in [6.45, 7) is -0.222. The molecule has 104 valence electrons. The van der Waals surface area contributed by atoms with Crippen LogP contribution in [-0.4, -0.2) is 44.8 Å². The van der Waals surface area contributed by atoms with Crippen molar-refractivity contribution in [2.24, 2.45) is 0 Å². The maximum Gasteiger partial charge on any atom is 0.325 e. The average Bonchev–Trinajstić information content (AvgIpc) is 2.85. The first kappa shape index (κ1) is 13.6. The lowest BCUT2D eigenvalue weighted by molar-refractivity contribution is -0.137. The smallest absolute Gasteiger partial charge is 0.325 e. The van der Waals surface area contributed by atoms with Crippen molar-refractivity contribution in [1.82, 2.24) is 14.7 Å². The molecule has 0 radical (unpaired) electrons. The number of rotatable bonds is 4. The van der Waals surface area contributed by atoms with E-state index in [9.17, 15) is 9.59 Å². The number of carbonyl (C=O) groups excluding carboxylic acids is 1. The molecule has 19 heavy (non-hydrogen) atoms. The molecule has 0 saturated heterocycles. The first-order chi connectivity index (χ1) is 9.08. The highest BCUT2D eigenvalue weighted by atomic mass is 16.4. The van der Waals surface area contributed by atoms with E-state index in [0.717, 1.165) is 25.7 Å². The average molecular weight is 265 g/mol. The van der Waals surface area contributed by atoms with E-state index in [1.165, 1.54) is 17.3 Å². The number of amides is 1. The molecule has 0 aromatic carbocycles. The van der Waals surface area contributed by atoms with Crippen molar-refractivity contribution in [2.75, 3.05) is 7.05 Å². The van der Waals surface area contributed by atoms with Gasteiger partial charge in [-0.1, -0.05) is 19.3 Å². The summed E-state index contributed by atoms with van der Waals surface area (Å²) < 4.78 is 1.27. The quantitative estimate of drug-likeness (QED) is 0.892. The lowest BCUT2D eigenvalue weighted by Crippen LogP contribution is -2.38. The fraction of sp³-hybridized carbons (Fsp3) is 0.615. The second kappa shape index (κ2) is 5.86. The molecule has 1 aromatic rings. The molecule has 1 fully saturated rings. The first-order valence-electron chi connectivity index (χ1n) is 6.60. The first-order valence-corrected chi connectivity index (χ1v) is 6.60. The fourth-order valence-corrected chi connectivity index (χ4v) is 2.52. The van der Waals surface area contributed by atoms with Gasteiger partial charge in [0.15, 0.2) is 0 Å². The number of nitrogens with zero attached hydrogens (tertiary/aromatic N) is 3. The molecule has 0 unspecified atom stereocenters. The summed E-state index contributed by atoms with van der Waals surface area (Å²) in [5, 5.41) is 12.7. The predicted molar refractivity (Wildman–Crippen MR) is 68.8 cm³/mol. The number of carboxylic acids is 1. The zero-order chi connectivity index (χ0) is 13.8. The Morgan fingerprint density at radius 2 is 2.11 bits per heavy atom. The third-order valence-electron chi connectivity index (χ3n) is 3.60. The molecule has 1 aromatic heterocycles. The molecule has 0 atom stereocenters. The van der Waals surface area contributed by atoms with E-state index in [4.69, 9.17) is 5.11 Å². The molecule has 2 rings (SSSR count). The van der Waals surface area contributed by atoms with Gasteiger partial charge in [-0.15, -0.1) is 0 Å². The van der Waals surface area contributed by atoms with Crippen molar-refractivity contribution in [2.45, 2.75) is 44.7 Å². The Morgan fingerprint density at radius 1 is 1.42 bits per heavy atom. The molecule has 0 aliphatic heterocycles. The molecule has 1 N–H and O–H groups in total. The molecule has 6 heteroatoms. The Bertz CT molecular complexity index is 463. The van der Waals surface area contributed by atoms with Gasteiger partial charge in [-0.05, 0) is 18.9 Å². The number of aromatic nitrogens is 2. The van der Waals surface area contributed by atoms with E-state index in [2.05, 4.69) is 5.10 Å². The summed E-state index contributed by atoms with van der Waals surface area (Å²) in [5.41, 5.74) is 0.314. The molecule has 0 spiro atoms. The van der Waals surface area contributed by atoms with Gasteiger partial charge in [0.2, 0.25) is 0 Å². The molecule has 1 aliphatic rings. The zero-order valence-corrected chi connectivity index (χ0v) is 11.1. The maximum absolute atomic E-state index is 12.2. The number of carbonyl (C=O) groups is 2. The summed E-state index contributed by atoms with van der Waals surface area (Å²) in [6.07, 6.45) is 7.17. The number of carboxylic acid groups (broad SMARTS) is 1.